The monoisotopic (exact) mass is 383 g/mol. The van der Waals surface area contributed by atoms with E-state index in [4.69, 9.17) is 9.47 Å². The van der Waals surface area contributed by atoms with E-state index in [2.05, 4.69) is 48.2 Å². The summed E-state index contributed by atoms with van der Waals surface area (Å²) in [5, 5.41) is 9.33. The number of likely N-dealkylation sites (tertiary alicyclic amines) is 1. The number of hydrogen-bond donors (Lipinski definition) is 1. The zero-order valence-electron chi connectivity index (χ0n) is 16.9. The number of carboxylic acid groups (broad SMARTS) is 1. The highest BCUT2D eigenvalue weighted by atomic mass is 16.5. The molecule has 0 amide bonds. The number of carbonyl (C=O) groups is 1. The summed E-state index contributed by atoms with van der Waals surface area (Å²) in [6.07, 6.45) is 1.35. The number of piperidine rings is 1. The maximum atomic E-state index is 11.3. The van der Waals surface area contributed by atoms with Gasteiger partial charge in [0.05, 0.1) is 25.7 Å². The van der Waals surface area contributed by atoms with Crippen molar-refractivity contribution in [2.24, 2.45) is 5.92 Å². The molecule has 0 spiro atoms. The van der Waals surface area contributed by atoms with Crippen molar-refractivity contribution in [3.63, 3.8) is 0 Å². The van der Waals surface area contributed by atoms with Gasteiger partial charge in [0.25, 0.3) is 0 Å². The van der Waals surface area contributed by atoms with E-state index >= 15 is 0 Å². The minimum absolute atomic E-state index is 0.0560. The predicted octanol–water partition coefficient (Wildman–Crippen LogP) is 4.29. The van der Waals surface area contributed by atoms with Crippen LogP contribution in [0.4, 0.5) is 0 Å². The van der Waals surface area contributed by atoms with Gasteiger partial charge >= 0.3 is 5.97 Å². The molecule has 1 atom stereocenters. The molecule has 28 heavy (non-hydrogen) atoms. The Morgan fingerprint density at radius 1 is 1.11 bits per heavy atom. The van der Waals surface area contributed by atoms with Gasteiger partial charge in [-0.05, 0) is 63.0 Å². The van der Waals surface area contributed by atoms with E-state index in [0.717, 1.165) is 30.2 Å². The molecule has 150 valence electrons. The average molecular weight is 383 g/mol. The Labute approximate surface area is 166 Å². The number of benzene rings is 2. The smallest absolute Gasteiger partial charge is 0.306 e. The zero-order valence-corrected chi connectivity index (χ0v) is 16.9. The predicted molar refractivity (Wildman–Crippen MR) is 109 cm³/mol. The number of aryl methyl sites for hydroxylation is 1. The van der Waals surface area contributed by atoms with Crippen LogP contribution >= 0.6 is 0 Å². The lowest BCUT2D eigenvalue weighted by atomic mass is 9.91. The third-order valence-corrected chi connectivity index (χ3v) is 5.44. The Morgan fingerprint density at radius 3 is 2.32 bits per heavy atom. The van der Waals surface area contributed by atoms with E-state index in [1.807, 2.05) is 13.0 Å². The quantitative estimate of drug-likeness (QED) is 0.773. The highest BCUT2D eigenvalue weighted by Crippen LogP contribution is 2.37. The van der Waals surface area contributed by atoms with Gasteiger partial charge in [0.1, 0.15) is 0 Å². The van der Waals surface area contributed by atoms with Crippen molar-refractivity contribution in [1.82, 2.24) is 4.90 Å². The standard InChI is InChI=1S/C23H29NO4/c1-4-28-21-15-19(9-10-20(21)27-3)22(17-7-5-16(2)6-8-17)24-13-11-18(12-14-24)23(25)26/h5-10,15,18,22H,4,11-14H2,1-3H3,(H,25,26). The topological polar surface area (TPSA) is 59.0 Å². The third-order valence-electron chi connectivity index (χ3n) is 5.44. The number of methoxy groups -OCH3 is 1. The minimum Gasteiger partial charge on any atom is -0.493 e. The Balaban J connectivity index is 1.96. The molecule has 0 aromatic heterocycles. The summed E-state index contributed by atoms with van der Waals surface area (Å²) < 4.78 is 11.2. The maximum Gasteiger partial charge on any atom is 0.306 e. The van der Waals surface area contributed by atoms with Crippen LogP contribution in [0.25, 0.3) is 0 Å². The number of rotatable bonds is 7. The number of aliphatic carboxylic acids is 1. The molecule has 5 nitrogen and oxygen atoms in total. The fourth-order valence-corrected chi connectivity index (χ4v) is 3.90. The molecule has 0 saturated carbocycles. The summed E-state index contributed by atoms with van der Waals surface area (Å²) in [4.78, 5) is 13.7. The normalized spacial score (nSPS) is 16.5. The number of hydrogen-bond acceptors (Lipinski definition) is 4. The van der Waals surface area contributed by atoms with Crippen LogP contribution in [-0.4, -0.2) is 42.8 Å². The molecule has 1 aliphatic heterocycles. The van der Waals surface area contributed by atoms with Crippen molar-refractivity contribution < 1.29 is 19.4 Å². The molecular formula is C23H29NO4. The van der Waals surface area contributed by atoms with E-state index in [1.54, 1.807) is 7.11 Å². The SMILES string of the molecule is CCOc1cc(C(c2ccc(C)cc2)N2CCC(C(=O)O)CC2)ccc1OC. The van der Waals surface area contributed by atoms with Crippen molar-refractivity contribution in [3.05, 3.63) is 59.2 Å². The first-order valence-corrected chi connectivity index (χ1v) is 9.87. The summed E-state index contributed by atoms with van der Waals surface area (Å²) in [5.41, 5.74) is 3.55. The van der Waals surface area contributed by atoms with Crippen LogP contribution in [0.5, 0.6) is 11.5 Å². The molecule has 2 aromatic carbocycles. The van der Waals surface area contributed by atoms with E-state index < -0.39 is 5.97 Å². The van der Waals surface area contributed by atoms with Crippen molar-refractivity contribution in [2.75, 3.05) is 26.8 Å². The van der Waals surface area contributed by atoms with Gasteiger partial charge in [-0.3, -0.25) is 9.69 Å². The lowest BCUT2D eigenvalue weighted by molar-refractivity contribution is -0.143. The van der Waals surface area contributed by atoms with Crippen LogP contribution in [0, 0.1) is 12.8 Å². The van der Waals surface area contributed by atoms with E-state index in [-0.39, 0.29) is 12.0 Å². The molecule has 1 heterocycles. The maximum absolute atomic E-state index is 11.3. The molecule has 2 aromatic rings. The van der Waals surface area contributed by atoms with Crippen LogP contribution in [0.3, 0.4) is 0 Å². The molecule has 5 heteroatoms. The van der Waals surface area contributed by atoms with Crippen molar-refractivity contribution in [2.45, 2.75) is 32.7 Å². The first kappa shape index (κ1) is 20.2. The first-order chi connectivity index (χ1) is 13.5. The molecule has 0 radical (unpaired) electrons. The highest BCUT2D eigenvalue weighted by Gasteiger charge is 2.30. The summed E-state index contributed by atoms with van der Waals surface area (Å²) in [5.74, 6) is 0.525. The van der Waals surface area contributed by atoms with Gasteiger partial charge in [-0.15, -0.1) is 0 Å². The summed E-state index contributed by atoms with van der Waals surface area (Å²) >= 11 is 0. The van der Waals surface area contributed by atoms with Gasteiger partial charge in [0.15, 0.2) is 11.5 Å². The largest absolute Gasteiger partial charge is 0.493 e. The van der Waals surface area contributed by atoms with Gasteiger partial charge < -0.3 is 14.6 Å². The molecule has 3 rings (SSSR count). The Bertz CT molecular complexity index is 795. The number of carboxylic acids is 1. The number of nitrogens with zero attached hydrogens (tertiary/aromatic N) is 1. The zero-order chi connectivity index (χ0) is 20.1. The second-order valence-corrected chi connectivity index (χ2v) is 7.31. The minimum atomic E-state index is -0.686. The molecular weight excluding hydrogens is 354 g/mol. The molecule has 1 aliphatic rings. The molecule has 1 unspecified atom stereocenters. The molecule has 0 aliphatic carbocycles. The van der Waals surface area contributed by atoms with Crippen LogP contribution in [-0.2, 0) is 4.79 Å². The fraction of sp³-hybridized carbons (Fsp3) is 0.435. The lowest BCUT2D eigenvalue weighted by Crippen LogP contribution is -2.39. The van der Waals surface area contributed by atoms with Gasteiger partial charge in [-0.25, -0.2) is 0 Å². The lowest BCUT2D eigenvalue weighted by Gasteiger charge is -2.37. The van der Waals surface area contributed by atoms with Crippen molar-refractivity contribution in [1.29, 1.82) is 0 Å². The average Bonchev–Trinajstić information content (AvgIpc) is 2.70. The molecule has 1 saturated heterocycles. The Kier molecular flexibility index (Phi) is 6.57. The van der Waals surface area contributed by atoms with Crippen LogP contribution in [0.1, 0.15) is 42.5 Å². The fourth-order valence-electron chi connectivity index (χ4n) is 3.90. The Hall–Kier alpha value is -2.53. The van der Waals surface area contributed by atoms with E-state index in [1.165, 1.54) is 11.1 Å². The molecule has 1 N–H and O–H groups in total. The van der Waals surface area contributed by atoms with Crippen LogP contribution in [0.15, 0.2) is 42.5 Å². The summed E-state index contributed by atoms with van der Waals surface area (Å²) in [7, 11) is 1.64. The number of ether oxygens (including phenoxy) is 2. The first-order valence-electron chi connectivity index (χ1n) is 9.87. The van der Waals surface area contributed by atoms with E-state index in [0.29, 0.717) is 19.4 Å². The third kappa shape index (κ3) is 4.47. The molecule has 0 bridgehead atoms. The van der Waals surface area contributed by atoms with E-state index in [9.17, 15) is 9.90 Å². The van der Waals surface area contributed by atoms with Crippen LogP contribution in [0.2, 0.25) is 0 Å². The summed E-state index contributed by atoms with van der Waals surface area (Å²) in [6.45, 7) is 6.12. The van der Waals surface area contributed by atoms with Gasteiger partial charge in [-0.2, -0.15) is 0 Å². The Morgan fingerprint density at radius 2 is 1.75 bits per heavy atom. The second-order valence-electron chi connectivity index (χ2n) is 7.31. The summed E-state index contributed by atoms with van der Waals surface area (Å²) in [6, 6.07) is 14.7. The van der Waals surface area contributed by atoms with Crippen molar-refractivity contribution >= 4 is 5.97 Å². The van der Waals surface area contributed by atoms with Crippen molar-refractivity contribution in [3.8, 4) is 11.5 Å². The van der Waals surface area contributed by atoms with Gasteiger partial charge in [0, 0.05) is 0 Å². The van der Waals surface area contributed by atoms with Crippen LogP contribution < -0.4 is 9.47 Å². The highest BCUT2D eigenvalue weighted by molar-refractivity contribution is 5.70. The van der Waals surface area contributed by atoms with Gasteiger partial charge in [-0.1, -0.05) is 35.9 Å². The second kappa shape index (κ2) is 9.11. The molecule has 1 fully saturated rings. The van der Waals surface area contributed by atoms with Gasteiger partial charge in [0.2, 0.25) is 0 Å².